The van der Waals surface area contributed by atoms with Crippen molar-refractivity contribution in [1.82, 2.24) is 0 Å². The maximum atomic E-state index is 13.7. The molecule has 0 saturated carbocycles. The monoisotopic (exact) mass is 343 g/mol. The van der Waals surface area contributed by atoms with Crippen LogP contribution < -0.4 is 14.8 Å². The maximum Gasteiger partial charge on any atom is 0.258 e. The van der Waals surface area contributed by atoms with Crippen LogP contribution in [0.4, 0.5) is 10.1 Å². The number of rotatable bonds is 4. The summed E-state index contributed by atoms with van der Waals surface area (Å²) in [6.07, 6.45) is 0. The van der Waals surface area contributed by atoms with E-state index in [4.69, 9.17) is 32.7 Å². The van der Waals surface area contributed by atoms with Gasteiger partial charge >= 0.3 is 0 Å². The van der Waals surface area contributed by atoms with Crippen LogP contribution >= 0.6 is 23.2 Å². The molecular formula is C15H12Cl2FNO3. The van der Waals surface area contributed by atoms with Crippen molar-refractivity contribution < 1.29 is 18.7 Å². The zero-order chi connectivity index (χ0) is 16.3. The van der Waals surface area contributed by atoms with Gasteiger partial charge in [0.25, 0.3) is 5.91 Å². The molecule has 0 aliphatic rings. The zero-order valence-corrected chi connectivity index (χ0v) is 13.3. The van der Waals surface area contributed by atoms with E-state index in [0.29, 0.717) is 11.5 Å². The quantitative estimate of drug-likeness (QED) is 0.894. The van der Waals surface area contributed by atoms with Gasteiger partial charge in [-0.1, -0.05) is 23.2 Å². The molecule has 0 spiro atoms. The summed E-state index contributed by atoms with van der Waals surface area (Å²) >= 11 is 11.8. The van der Waals surface area contributed by atoms with Crippen LogP contribution in [0.3, 0.4) is 0 Å². The summed E-state index contributed by atoms with van der Waals surface area (Å²) in [6.45, 7) is 0. The summed E-state index contributed by atoms with van der Waals surface area (Å²) in [5.41, 5.74) is 0.110. The predicted octanol–water partition coefficient (Wildman–Crippen LogP) is 4.40. The number of carbonyl (C=O) groups excluding carboxylic acids is 1. The third-order valence-corrected chi connectivity index (χ3v) is 3.43. The van der Waals surface area contributed by atoms with Crippen LogP contribution in [-0.4, -0.2) is 20.1 Å². The highest BCUT2D eigenvalue weighted by Gasteiger charge is 2.16. The summed E-state index contributed by atoms with van der Waals surface area (Å²) < 4.78 is 23.9. The molecule has 0 atom stereocenters. The van der Waals surface area contributed by atoms with Crippen molar-refractivity contribution >= 4 is 34.8 Å². The molecular weight excluding hydrogens is 332 g/mol. The van der Waals surface area contributed by atoms with Crippen LogP contribution in [0.15, 0.2) is 30.3 Å². The fourth-order valence-corrected chi connectivity index (χ4v) is 2.23. The molecule has 0 aliphatic heterocycles. The average molecular weight is 344 g/mol. The van der Waals surface area contributed by atoms with E-state index in [2.05, 4.69) is 5.32 Å². The van der Waals surface area contributed by atoms with Crippen molar-refractivity contribution in [2.75, 3.05) is 19.5 Å². The molecule has 0 bridgehead atoms. The lowest BCUT2D eigenvalue weighted by molar-refractivity contribution is 0.102. The molecule has 0 aromatic heterocycles. The lowest BCUT2D eigenvalue weighted by Crippen LogP contribution is -2.14. The van der Waals surface area contributed by atoms with Crippen molar-refractivity contribution in [3.05, 3.63) is 51.8 Å². The van der Waals surface area contributed by atoms with Gasteiger partial charge in [-0.15, -0.1) is 0 Å². The highest BCUT2D eigenvalue weighted by molar-refractivity contribution is 6.32. The van der Waals surface area contributed by atoms with E-state index in [-0.39, 0.29) is 21.3 Å². The van der Waals surface area contributed by atoms with Gasteiger partial charge in [0.05, 0.1) is 30.5 Å². The van der Waals surface area contributed by atoms with Crippen LogP contribution in [0.5, 0.6) is 11.5 Å². The summed E-state index contributed by atoms with van der Waals surface area (Å²) in [4.78, 5) is 12.2. The van der Waals surface area contributed by atoms with Crippen LogP contribution in [0, 0.1) is 5.82 Å². The van der Waals surface area contributed by atoms with Gasteiger partial charge in [0, 0.05) is 11.1 Å². The number of halogens is 3. The molecule has 22 heavy (non-hydrogen) atoms. The minimum absolute atomic E-state index is 0.179. The highest BCUT2D eigenvalue weighted by atomic mass is 35.5. The van der Waals surface area contributed by atoms with Crippen LogP contribution in [0.25, 0.3) is 0 Å². The van der Waals surface area contributed by atoms with Gasteiger partial charge in [-0.05, 0) is 24.3 Å². The van der Waals surface area contributed by atoms with Crippen molar-refractivity contribution in [3.8, 4) is 11.5 Å². The van der Waals surface area contributed by atoms with E-state index in [0.717, 1.165) is 6.07 Å². The highest BCUT2D eigenvalue weighted by Crippen LogP contribution is 2.36. The molecule has 4 nitrogen and oxygen atoms in total. The van der Waals surface area contributed by atoms with E-state index in [9.17, 15) is 9.18 Å². The Labute approximate surface area is 136 Å². The molecule has 0 unspecified atom stereocenters. The molecule has 1 amide bonds. The molecule has 0 aliphatic carbocycles. The summed E-state index contributed by atoms with van der Waals surface area (Å²) in [5, 5.41) is 3.07. The number of ether oxygens (including phenoxy) is 2. The van der Waals surface area contributed by atoms with Gasteiger partial charge in [0.2, 0.25) is 0 Å². The normalized spacial score (nSPS) is 10.2. The number of anilines is 1. The number of benzene rings is 2. The topological polar surface area (TPSA) is 47.6 Å². The van der Waals surface area contributed by atoms with Gasteiger partial charge in [0.1, 0.15) is 17.3 Å². The van der Waals surface area contributed by atoms with Crippen molar-refractivity contribution in [3.63, 3.8) is 0 Å². The van der Waals surface area contributed by atoms with E-state index in [1.54, 1.807) is 0 Å². The van der Waals surface area contributed by atoms with Gasteiger partial charge in [-0.3, -0.25) is 4.79 Å². The van der Waals surface area contributed by atoms with Crippen LogP contribution in [0.2, 0.25) is 10.0 Å². The second-order valence-corrected chi connectivity index (χ2v) is 5.11. The molecule has 7 heteroatoms. The Balaban J connectivity index is 2.36. The van der Waals surface area contributed by atoms with Crippen molar-refractivity contribution in [1.29, 1.82) is 0 Å². The zero-order valence-electron chi connectivity index (χ0n) is 11.7. The molecule has 0 heterocycles. The Morgan fingerprint density at radius 1 is 1.09 bits per heavy atom. The predicted molar refractivity (Wildman–Crippen MR) is 83.9 cm³/mol. The smallest absolute Gasteiger partial charge is 0.258 e. The van der Waals surface area contributed by atoms with Gasteiger partial charge in [-0.25, -0.2) is 4.39 Å². The standard InChI is InChI=1S/C15H12Cl2FNO3/c1-21-13-7-14(22-2)12(6-10(13)17)19-15(20)9-5-8(16)3-4-11(9)18/h3-7H,1-2H3,(H,19,20). The molecule has 0 radical (unpaired) electrons. The molecule has 2 rings (SSSR count). The minimum atomic E-state index is -0.680. The Kier molecular flexibility index (Phi) is 5.11. The molecule has 1 N–H and O–H groups in total. The van der Waals surface area contributed by atoms with E-state index >= 15 is 0 Å². The molecule has 2 aromatic rings. The third kappa shape index (κ3) is 3.43. The minimum Gasteiger partial charge on any atom is -0.495 e. The van der Waals surface area contributed by atoms with Crippen molar-refractivity contribution in [2.45, 2.75) is 0 Å². The van der Waals surface area contributed by atoms with Crippen LogP contribution in [-0.2, 0) is 0 Å². The molecule has 0 fully saturated rings. The summed E-state index contributed by atoms with van der Waals surface area (Å²) in [6, 6.07) is 6.70. The molecule has 0 saturated heterocycles. The second-order valence-electron chi connectivity index (χ2n) is 4.27. The van der Waals surface area contributed by atoms with Crippen LogP contribution in [0.1, 0.15) is 10.4 Å². The fourth-order valence-electron chi connectivity index (χ4n) is 1.82. The van der Waals surface area contributed by atoms with Gasteiger partial charge in [0.15, 0.2) is 0 Å². The number of nitrogens with one attached hydrogen (secondary N) is 1. The first kappa shape index (κ1) is 16.4. The van der Waals surface area contributed by atoms with E-state index < -0.39 is 11.7 Å². The lowest BCUT2D eigenvalue weighted by Gasteiger charge is -2.13. The SMILES string of the molecule is COc1cc(OC)c(NC(=O)c2cc(Cl)ccc2F)cc1Cl. The molecule has 116 valence electrons. The van der Waals surface area contributed by atoms with E-state index in [1.165, 1.54) is 38.5 Å². The third-order valence-electron chi connectivity index (χ3n) is 2.90. The number of carbonyl (C=O) groups is 1. The van der Waals surface area contributed by atoms with E-state index in [1.807, 2.05) is 0 Å². The number of hydrogen-bond donors (Lipinski definition) is 1. The first-order valence-corrected chi connectivity index (χ1v) is 6.89. The van der Waals surface area contributed by atoms with Crippen molar-refractivity contribution in [2.24, 2.45) is 0 Å². The maximum absolute atomic E-state index is 13.7. The Bertz CT molecular complexity index is 722. The number of amides is 1. The Morgan fingerprint density at radius 2 is 1.77 bits per heavy atom. The molecule has 2 aromatic carbocycles. The fraction of sp³-hybridized carbons (Fsp3) is 0.133. The second kappa shape index (κ2) is 6.85. The summed E-state index contributed by atoms with van der Waals surface area (Å²) in [7, 11) is 2.89. The Hall–Kier alpha value is -1.98. The number of hydrogen-bond acceptors (Lipinski definition) is 3. The first-order valence-electron chi connectivity index (χ1n) is 6.14. The lowest BCUT2D eigenvalue weighted by atomic mass is 10.2. The Morgan fingerprint density at radius 3 is 2.41 bits per heavy atom. The average Bonchev–Trinajstić information content (AvgIpc) is 2.50. The van der Waals surface area contributed by atoms with Gasteiger partial charge in [-0.2, -0.15) is 0 Å². The number of methoxy groups -OCH3 is 2. The summed E-state index contributed by atoms with van der Waals surface area (Å²) in [5.74, 6) is -0.623. The largest absolute Gasteiger partial charge is 0.495 e. The van der Waals surface area contributed by atoms with Gasteiger partial charge < -0.3 is 14.8 Å². The first-order chi connectivity index (χ1) is 10.5.